The van der Waals surface area contributed by atoms with Crippen LogP contribution in [0.1, 0.15) is 18.2 Å². The molecule has 3 rings (SSSR count). The van der Waals surface area contributed by atoms with Gasteiger partial charge in [0, 0.05) is 11.8 Å². The van der Waals surface area contributed by atoms with E-state index in [2.05, 4.69) is 25.8 Å². The zero-order valence-corrected chi connectivity index (χ0v) is 12.1. The molecule has 1 saturated carbocycles. The smallest absolute Gasteiger partial charge is 0.243 e. The Morgan fingerprint density at radius 3 is 2.75 bits per heavy atom. The number of anilines is 1. The highest BCUT2D eigenvalue weighted by Gasteiger charge is 2.45. The second kappa shape index (κ2) is 6.30. The molecule has 126 valence electrons. The van der Waals surface area contributed by atoms with Crippen LogP contribution in [0.3, 0.4) is 0 Å². The van der Waals surface area contributed by atoms with Gasteiger partial charge in [-0.15, -0.1) is 0 Å². The Kier molecular flexibility index (Phi) is 4.19. The SMILES string of the molecule is O=C(CNC(=O)[C@H]1C[C@H]1c1ncn[nH]1)Nc1ccc(F)c(F)c1F. The molecular formula is C14H12F3N5O2. The zero-order chi connectivity index (χ0) is 17.3. The van der Waals surface area contributed by atoms with Crippen molar-refractivity contribution < 1.29 is 22.8 Å². The van der Waals surface area contributed by atoms with Crippen LogP contribution in [0, 0.1) is 23.4 Å². The van der Waals surface area contributed by atoms with Crippen molar-refractivity contribution in [1.29, 1.82) is 0 Å². The van der Waals surface area contributed by atoms with Gasteiger partial charge in [0.15, 0.2) is 17.5 Å². The molecule has 24 heavy (non-hydrogen) atoms. The van der Waals surface area contributed by atoms with Crippen LogP contribution < -0.4 is 10.6 Å². The molecule has 7 nitrogen and oxygen atoms in total. The van der Waals surface area contributed by atoms with E-state index in [0.717, 1.165) is 6.07 Å². The van der Waals surface area contributed by atoms with Crippen LogP contribution in [-0.2, 0) is 9.59 Å². The van der Waals surface area contributed by atoms with Crippen molar-refractivity contribution in [2.24, 2.45) is 5.92 Å². The topological polar surface area (TPSA) is 99.8 Å². The molecule has 2 atom stereocenters. The number of carbonyl (C=O) groups is 2. The summed E-state index contributed by atoms with van der Waals surface area (Å²) in [6.45, 7) is -0.420. The predicted octanol–water partition coefficient (Wildman–Crippen LogP) is 1.08. The second-order valence-electron chi connectivity index (χ2n) is 5.31. The van der Waals surface area contributed by atoms with Gasteiger partial charge in [-0.25, -0.2) is 18.2 Å². The molecule has 0 aliphatic heterocycles. The van der Waals surface area contributed by atoms with E-state index in [9.17, 15) is 22.8 Å². The molecule has 1 fully saturated rings. The van der Waals surface area contributed by atoms with Crippen LogP contribution in [0.4, 0.5) is 18.9 Å². The Bertz CT molecular complexity index is 781. The lowest BCUT2D eigenvalue weighted by atomic mass is 10.2. The zero-order valence-electron chi connectivity index (χ0n) is 12.1. The molecule has 0 radical (unpaired) electrons. The molecule has 1 heterocycles. The third-order valence-corrected chi connectivity index (χ3v) is 3.64. The van der Waals surface area contributed by atoms with Crippen molar-refractivity contribution in [2.75, 3.05) is 11.9 Å². The number of rotatable bonds is 5. The van der Waals surface area contributed by atoms with Gasteiger partial charge < -0.3 is 10.6 Å². The number of carbonyl (C=O) groups excluding carboxylic acids is 2. The number of hydrogen-bond acceptors (Lipinski definition) is 4. The van der Waals surface area contributed by atoms with Crippen LogP contribution in [0.15, 0.2) is 18.5 Å². The van der Waals surface area contributed by atoms with E-state index in [4.69, 9.17) is 0 Å². The lowest BCUT2D eigenvalue weighted by Gasteiger charge is -2.08. The van der Waals surface area contributed by atoms with Crippen molar-refractivity contribution in [3.63, 3.8) is 0 Å². The predicted molar refractivity (Wildman–Crippen MR) is 75.2 cm³/mol. The molecule has 0 unspecified atom stereocenters. The highest BCUT2D eigenvalue weighted by atomic mass is 19.2. The fourth-order valence-corrected chi connectivity index (χ4v) is 2.30. The lowest BCUT2D eigenvalue weighted by Crippen LogP contribution is -2.34. The van der Waals surface area contributed by atoms with E-state index in [0.29, 0.717) is 18.3 Å². The molecular weight excluding hydrogens is 327 g/mol. The standard InChI is InChI=1S/C14H12F3N5O2/c15-8-1-2-9(12(17)11(8)16)21-10(23)4-18-14(24)7-3-6(7)13-19-5-20-22-13/h1-2,5-7H,3-4H2,(H,18,24)(H,21,23)(H,19,20,22)/t6-,7+/m1/s1. The van der Waals surface area contributed by atoms with Gasteiger partial charge in [-0.3, -0.25) is 14.7 Å². The third-order valence-electron chi connectivity index (χ3n) is 3.64. The van der Waals surface area contributed by atoms with Crippen LogP contribution in [-0.4, -0.2) is 33.5 Å². The van der Waals surface area contributed by atoms with Gasteiger partial charge in [0.2, 0.25) is 11.8 Å². The summed E-state index contributed by atoms with van der Waals surface area (Å²) in [4.78, 5) is 27.5. The summed E-state index contributed by atoms with van der Waals surface area (Å²) in [7, 11) is 0. The molecule has 1 aromatic carbocycles. The molecule has 0 saturated heterocycles. The van der Waals surface area contributed by atoms with E-state index in [1.807, 2.05) is 0 Å². The maximum absolute atomic E-state index is 13.4. The number of H-pyrrole nitrogens is 1. The normalized spacial score (nSPS) is 19.0. The summed E-state index contributed by atoms with van der Waals surface area (Å²) in [5, 5.41) is 10.8. The fourth-order valence-electron chi connectivity index (χ4n) is 2.30. The summed E-state index contributed by atoms with van der Waals surface area (Å²) in [5.41, 5.74) is -0.501. The van der Waals surface area contributed by atoms with Crippen molar-refractivity contribution >= 4 is 17.5 Å². The van der Waals surface area contributed by atoms with E-state index >= 15 is 0 Å². The van der Waals surface area contributed by atoms with Gasteiger partial charge in [0.25, 0.3) is 0 Å². The maximum Gasteiger partial charge on any atom is 0.243 e. The number of hydrogen-bond donors (Lipinski definition) is 3. The second-order valence-corrected chi connectivity index (χ2v) is 5.31. The van der Waals surface area contributed by atoms with Crippen molar-refractivity contribution in [1.82, 2.24) is 20.5 Å². The molecule has 1 aliphatic carbocycles. The average molecular weight is 339 g/mol. The van der Waals surface area contributed by atoms with Gasteiger partial charge in [0.1, 0.15) is 12.2 Å². The summed E-state index contributed by atoms with van der Waals surface area (Å²) < 4.78 is 39.3. The summed E-state index contributed by atoms with van der Waals surface area (Å²) in [6, 6.07) is 1.59. The van der Waals surface area contributed by atoms with Gasteiger partial charge in [-0.05, 0) is 18.6 Å². The minimum absolute atomic E-state index is 0.0702. The van der Waals surface area contributed by atoms with Crippen LogP contribution in [0.25, 0.3) is 0 Å². The molecule has 1 aromatic heterocycles. The molecule has 2 amide bonds. The third kappa shape index (κ3) is 3.21. The number of nitrogens with zero attached hydrogens (tertiary/aromatic N) is 2. The fraction of sp³-hybridized carbons (Fsp3) is 0.286. The Balaban J connectivity index is 1.50. The Morgan fingerprint density at radius 1 is 1.25 bits per heavy atom. The van der Waals surface area contributed by atoms with Crippen LogP contribution in [0.5, 0.6) is 0 Å². The van der Waals surface area contributed by atoms with Crippen molar-refractivity contribution in [2.45, 2.75) is 12.3 Å². The van der Waals surface area contributed by atoms with Crippen LogP contribution >= 0.6 is 0 Å². The summed E-state index contributed by atoms with van der Waals surface area (Å²) in [5.74, 6) is -5.42. The van der Waals surface area contributed by atoms with Gasteiger partial charge in [0.05, 0.1) is 12.2 Å². The first-order valence-electron chi connectivity index (χ1n) is 7.03. The number of nitrogens with one attached hydrogen (secondary N) is 3. The highest BCUT2D eigenvalue weighted by molar-refractivity contribution is 5.95. The first-order valence-corrected chi connectivity index (χ1v) is 7.03. The van der Waals surface area contributed by atoms with E-state index < -0.39 is 35.6 Å². The maximum atomic E-state index is 13.4. The summed E-state index contributed by atoms with van der Waals surface area (Å²) >= 11 is 0. The molecule has 1 aliphatic rings. The minimum Gasteiger partial charge on any atom is -0.347 e. The van der Waals surface area contributed by atoms with Crippen molar-refractivity contribution in [3.05, 3.63) is 41.7 Å². The Morgan fingerprint density at radius 2 is 2.04 bits per heavy atom. The number of aromatic nitrogens is 3. The number of halogens is 3. The Hall–Kier alpha value is -2.91. The average Bonchev–Trinajstić information content (AvgIpc) is 3.18. The summed E-state index contributed by atoms with van der Waals surface area (Å²) in [6.07, 6.45) is 1.92. The van der Waals surface area contributed by atoms with E-state index in [1.165, 1.54) is 6.33 Å². The Labute approximate surface area is 133 Å². The van der Waals surface area contributed by atoms with E-state index in [1.54, 1.807) is 0 Å². The van der Waals surface area contributed by atoms with Gasteiger partial charge in [-0.2, -0.15) is 5.10 Å². The number of aromatic amines is 1. The van der Waals surface area contributed by atoms with Gasteiger partial charge in [-0.1, -0.05) is 0 Å². The number of amides is 2. The number of benzene rings is 1. The minimum atomic E-state index is -1.68. The molecule has 0 bridgehead atoms. The highest BCUT2D eigenvalue weighted by Crippen LogP contribution is 2.45. The molecule has 0 spiro atoms. The molecule has 2 aromatic rings. The van der Waals surface area contributed by atoms with E-state index in [-0.39, 0.29) is 17.7 Å². The van der Waals surface area contributed by atoms with Crippen LogP contribution in [0.2, 0.25) is 0 Å². The monoisotopic (exact) mass is 339 g/mol. The quantitative estimate of drug-likeness (QED) is 0.710. The lowest BCUT2D eigenvalue weighted by molar-refractivity contribution is -0.125. The van der Waals surface area contributed by atoms with Gasteiger partial charge >= 0.3 is 0 Å². The first kappa shape index (κ1) is 16.0. The van der Waals surface area contributed by atoms with Crippen molar-refractivity contribution in [3.8, 4) is 0 Å². The molecule has 10 heteroatoms. The largest absolute Gasteiger partial charge is 0.347 e. The molecule has 3 N–H and O–H groups in total. The first-order chi connectivity index (χ1) is 11.5.